The largest absolute Gasteiger partial charge is 0.496 e. The smallest absolute Gasteiger partial charge is 0.242 e. The van der Waals surface area contributed by atoms with Crippen LogP contribution in [0.5, 0.6) is 5.75 Å². The maximum Gasteiger partial charge on any atom is 0.242 e. The van der Waals surface area contributed by atoms with Gasteiger partial charge in [0.15, 0.2) is 0 Å². The third-order valence-corrected chi connectivity index (χ3v) is 5.46. The maximum atomic E-state index is 12.7. The second kappa shape index (κ2) is 8.01. The lowest BCUT2D eigenvalue weighted by Crippen LogP contribution is -2.43. The highest BCUT2D eigenvalue weighted by Crippen LogP contribution is 2.34. The van der Waals surface area contributed by atoms with Gasteiger partial charge in [0.2, 0.25) is 11.8 Å². The molecule has 0 unspecified atom stereocenters. The molecule has 0 bridgehead atoms. The zero-order valence-corrected chi connectivity index (χ0v) is 16.1. The summed E-state index contributed by atoms with van der Waals surface area (Å²) in [5.41, 5.74) is 1.60. The molecule has 2 aromatic carbocycles. The Labute approximate surface area is 161 Å². The number of rotatable bonds is 5. The van der Waals surface area contributed by atoms with E-state index in [-0.39, 0.29) is 18.4 Å². The molecule has 0 saturated carbocycles. The van der Waals surface area contributed by atoms with Gasteiger partial charge in [0.1, 0.15) is 12.3 Å². The molecule has 0 saturated heterocycles. The molecule has 5 nitrogen and oxygen atoms in total. The van der Waals surface area contributed by atoms with Gasteiger partial charge in [-0.25, -0.2) is 0 Å². The topological polar surface area (TPSA) is 49.9 Å². The van der Waals surface area contributed by atoms with E-state index in [2.05, 4.69) is 0 Å². The number of thioether (sulfide) groups is 1. The molecule has 1 aliphatic rings. The number of carbonyl (C=O) groups is 2. The number of fused-ring (bicyclic) bond motifs is 1. The fourth-order valence-electron chi connectivity index (χ4n) is 2.80. The van der Waals surface area contributed by atoms with Gasteiger partial charge in [-0.15, -0.1) is 11.8 Å². The molecule has 2 aromatic rings. The van der Waals surface area contributed by atoms with Gasteiger partial charge < -0.3 is 14.5 Å². The quantitative estimate of drug-likeness (QED) is 0.784. The summed E-state index contributed by atoms with van der Waals surface area (Å²) in [6.07, 6.45) is 0. The minimum absolute atomic E-state index is 0.00971. The average molecular weight is 391 g/mol. The molecule has 2 amide bonds. The Balaban J connectivity index is 1.74. The van der Waals surface area contributed by atoms with Crippen LogP contribution in [0.15, 0.2) is 47.4 Å². The van der Waals surface area contributed by atoms with Crippen molar-refractivity contribution in [2.45, 2.75) is 11.4 Å². The van der Waals surface area contributed by atoms with Gasteiger partial charge in [-0.1, -0.05) is 23.7 Å². The van der Waals surface area contributed by atoms with Crippen molar-refractivity contribution in [3.05, 3.63) is 53.1 Å². The predicted octanol–water partition coefficient (Wildman–Crippen LogP) is 3.45. The number of halogens is 1. The normalized spacial score (nSPS) is 13.3. The van der Waals surface area contributed by atoms with Crippen LogP contribution >= 0.6 is 23.4 Å². The van der Waals surface area contributed by atoms with Crippen molar-refractivity contribution in [1.82, 2.24) is 4.90 Å². The lowest BCUT2D eigenvalue weighted by Gasteiger charge is -2.30. The summed E-state index contributed by atoms with van der Waals surface area (Å²) < 4.78 is 5.33. The molecule has 0 spiro atoms. The number of hydrogen-bond acceptors (Lipinski definition) is 4. The van der Waals surface area contributed by atoms with Gasteiger partial charge >= 0.3 is 0 Å². The Hall–Kier alpha value is -2.18. The number of carbonyl (C=O) groups excluding carboxylic acids is 2. The Morgan fingerprint density at radius 2 is 2.08 bits per heavy atom. The number of para-hydroxylation sites is 1. The van der Waals surface area contributed by atoms with E-state index >= 15 is 0 Å². The fourth-order valence-corrected chi connectivity index (χ4v) is 3.93. The monoisotopic (exact) mass is 390 g/mol. The number of ether oxygens (including phenoxy) is 1. The minimum Gasteiger partial charge on any atom is -0.496 e. The summed E-state index contributed by atoms with van der Waals surface area (Å²) in [4.78, 5) is 29.2. The minimum atomic E-state index is -0.151. The highest BCUT2D eigenvalue weighted by atomic mass is 35.5. The predicted molar refractivity (Wildman–Crippen MR) is 104 cm³/mol. The number of likely N-dealkylation sites (N-methyl/N-ethyl adjacent to an activating group) is 1. The summed E-state index contributed by atoms with van der Waals surface area (Å²) >= 11 is 7.55. The fraction of sp³-hybridized carbons (Fsp3) is 0.263. The second-order valence-electron chi connectivity index (χ2n) is 5.94. The van der Waals surface area contributed by atoms with Crippen LogP contribution in [0.25, 0.3) is 0 Å². The molecule has 3 rings (SSSR count). The van der Waals surface area contributed by atoms with E-state index in [1.807, 2.05) is 24.3 Å². The molecule has 136 valence electrons. The van der Waals surface area contributed by atoms with Crippen molar-refractivity contribution in [3.8, 4) is 5.75 Å². The van der Waals surface area contributed by atoms with Gasteiger partial charge in [-0.3, -0.25) is 9.59 Å². The van der Waals surface area contributed by atoms with Crippen LogP contribution < -0.4 is 9.64 Å². The number of nitrogens with zero attached hydrogens (tertiary/aromatic N) is 2. The molecule has 0 radical (unpaired) electrons. The van der Waals surface area contributed by atoms with E-state index in [4.69, 9.17) is 16.3 Å². The van der Waals surface area contributed by atoms with E-state index < -0.39 is 0 Å². The van der Waals surface area contributed by atoms with Crippen molar-refractivity contribution in [1.29, 1.82) is 0 Å². The average Bonchev–Trinajstić information content (AvgIpc) is 2.64. The zero-order valence-electron chi connectivity index (χ0n) is 14.6. The van der Waals surface area contributed by atoms with Crippen molar-refractivity contribution < 1.29 is 14.3 Å². The molecule has 0 N–H and O–H groups in total. The lowest BCUT2D eigenvalue weighted by molar-refractivity contribution is -0.130. The number of hydrogen-bond donors (Lipinski definition) is 0. The third kappa shape index (κ3) is 3.97. The van der Waals surface area contributed by atoms with Crippen LogP contribution in [0, 0.1) is 0 Å². The van der Waals surface area contributed by atoms with E-state index in [1.165, 1.54) is 11.8 Å². The summed E-state index contributed by atoms with van der Waals surface area (Å²) in [5, 5.41) is 0.582. The number of benzene rings is 2. The van der Waals surface area contributed by atoms with Gasteiger partial charge in [-0.2, -0.15) is 0 Å². The standard InChI is InChI=1S/C19H19ClN2O3S/c1-21(10-13-9-14(20)7-8-16(13)25-2)18(23)11-22-15-5-3-4-6-17(15)26-12-19(22)24/h3-9H,10-12H2,1-2H3. The SMILES string of the molecule is COc1ccc(Cl)cc1CN(C)C(=O)CN1C(=O)CSc2ccccc21. The molecule has 7 heteroatoms. The Kier molecular flexibility index (Phi) is 5.74. The van der Waals surface area contributed by atoms with Crippen LogP contribution in [-0.4, -0.2) is 43.2 Å². The first kappa shape index (κ1) is 18.6. The first-order chi connectivity index (χ1) is 12.5. The molecule has 0 atom stereocenters. The molecular formula is C19H19ClN2O3S. The second-order valence-corrected chi connectivity index (χ2v) is 7.40. The van der Waals surface area contributed by atoms with Crippen LogP contribution in [0.4, 0.5) is 5.69 Å². The van der Waals surface area contributed by atoms with E-state index in [0.717, 1.165) is 16.1 Å². The molecule has 0 aromatic heterocycles. The number of anilines is 1. The molecule has 26 heavy (non-hydrogen) atoms. The van der Waals surface area contributed by atoms with Gasteiger partial charge in [0, 0.05) is 29.1 Å². The first-order valence-electron chi connectivity index (χ1n) is 8.08. The van der Waals surface area contributed by atoms with Crippen molar-refractivity contribution in [2.24, 2.45) is 0 Å². The van der Waals surface area contributed by atoms with E-state index in [9.17, 15) is 9.59 Å². The van der Waals surface area contributed by atoms with Gasteiger partial charge in [-0.05, 0) is 30.3 Å². The molecule has 1 heterocycles. The third-order valence-electron chi connectivity index (χ3n) is 4.18. The highest BCUT2D eigenvalue weighted by Gasteiger charge is 2.27. The lowest BCUT2D eigenvalue weighted by atomic mass is 10.2. The summed E-state index contributed by atoms with van der Waals surface area (Å²) in [5.74, 6) is 0.804. The van der Waals surface area contributed by atoms with Crippen LogP contribution in [0.3, 0.4) is 0 Å². The highest BCUT2D eigenvalue weighted by molar-refractivity contribution is 8.00. The van der Waals surface area contributed by atoms with E-state index in [1.54, 1.807) is 42.2 Å². The van der Waals surface area contributed by atoms with Crippen LogP contribution in [0.1, 0.15) is 5.56 Å². The molecule has 0 aliphatic carbocycles. The summed E-state index contributed by atoms with van der Waals surface area (Å²) in [6.45, 7) is 0.358. The van der Waals surface area contributed by atoms with E-state index in [0.29, 0.717) is 23.1 Å². The molecule has 0 fully saturated rings. The van der Waals surface area contributed by atoms with Gasteiger partial charge in [0.05, 0.1) is 18.6 Å². The first-order valence-corrected chi connectivity index (χ1v) is 9.44. The molecule has 1 aliphatic heterocycles. The Morgan fingerprint density at radius 1 is 1.31 bits per heavy atom. The Bertz CT molecular complexity index is 843. The maximum absolute atomic E-state index is 12.7. The summed E-state index contributed by atoms with van der Waals surface area (Å²) in [6, 6.07) is 12.9. The van der Waals surface area contributed by atoms with Crippen molar-refractivity contribution in [2.75, 3.05) is 31.4 Å². The Morgan fingerprint density at radius 3 is 2.85 bits per heavy atom. The molecular weight excluding hydrogens is 372 g/mol. The number of amides is 2. The van der Waals surface area contributed by atoms with Crippen molar-refractivity contribution >= 4 is 40.9 Å². The van der Waals surface area contributed by atoms with Crippen LogP contribution in [-0.2, 0) is 16.1 Å². The van der Waals surface area contributed by atoms with Crippen LogP contribution in [0.2, 0.25) is 5.02 Å². The number of methoxy groups -OCH3 is 1. The van der Waals surface area contributed by atoms with Gasteiger partial charge in [0.25, 0.3) is 0 Å². The van der Waals surface area contributed by atoms with Crippen molar-refractivity contribution in [3.63, 3.8) is 0 Å². The summed E-state index contributed by atoms with van der Waals surface area (Å²) in [7, 11) is 3.29. The zero-order chi connectivity index (χ0) is 18.7.